The van der Waals surface area contributed by atoms with E-state index in [9.17, 15) is 0 Å². The molecule has 0 spiro atoms. The zero-order chi connectivity index (χ0) is 12.8. The average Bonchev–Trinajstić information content (AvgIpc) is 3.10. The lowest BCUT2D eigenvalue weighted by molar-refractivity contribution is 0.265. The predicted molar refractivity (Wildman–Crippen MR) is 79.2 cm³/mol. The maximum Gasteiger partial charge on any atom is 0.0981 e. The first-order valence-corrected chi connectivity index (χ1v) is 7.74. The molecule has 0 amide bonds. The minimum atomic E-state index is 0.646. The van der Waals surface area contributed by atoms with Crippen molar-refractivity contribution in [2.24, 2.45) is 0 Å². The molecule has 2 atom stereocenters. The summed E-state index contributed by atoms with van der Waals surface area (Å²) < 4.78 is 5.23. The monoisotopic (exact) mass is 271 g/mol. The lowest BCUT2D eigenvalue weighted by Crippen LogP contribution is -2.34. The van der Waals surface area contributed by atoms with Crippen LogP contribution in [0.4, 0.5) is 0 Å². The quantitative estimate of drug-likeness (QED) is 0.811. The second-order valence-corrected chi connectivity index (χ2v) is 6.45. The van der Waals surface area contributed by atoms with Gasteiger partial charge in [-0.3, -0.25) is 4.90 Å². The lowest BCUT2D eigenvalue weighted by Gasteiger charge is -2.30. The van der Waals surface area contributed by atoms with Crippen molar-refractivity contribution in [3.63, 3.8) is 0 Å². The SMILES string of the molecule is CN1C2C=C(c3sccc3-c3ccoc3)CC1CC2. The summed E-state index contributed by atoms with van der Waals surface area (Å²) in [6.07, 6.45) is 9.93. The van der Waals surface area contributed by atoms with Gasteiger partial charge in [0.2, 0.25) is 0 Å². The molecular formula is C16H17NOS. The summed E-state index contributed by atoms with van der Waals surface area (Å²) in [6.45, 7) is 0. The fourth-order valence-corrected chi connectivity index (χ4v) is 4.37. The molecule has 4 heterocycles. The van der Waals surface area contributed by atoms with Gasteiger partial charge in [-0.05, 0) is 49.4 Å². The first-order chi connectivity index (χ1) is 9.33. The smallest absolute Gasteiger partial charge is 0.0981 e. The van der Waals surface area contributed by atoms with E-state index in [4.69, 9.17) is 4.42 Å². The molecule has 1 fully saturated rings. The van der Waals surface area contributed by atoms with E-state index < -0.39 is 0 Å². The molecule has 1 saturated heterocycles. The van der Waals surface area contributed by atoms with Crippen LogP contribution in [-0.4, -0.2) is 24.0 Å². The van der Waals surface area contributed by atoms with Gasteiger partial charge in [-0.15, -0.1) is 11.3 Å². The van der Waals surface area contributed by atoms with Crippen LogP contribution in [0, 0.1) is 0 Å². The Balaban J connectivity index is 1.75. The summed E-state index contributed by atoms with van der Waals surface area (Å²) in [5.41, 5.74) is 4.06. The number of hydrogen-bond donors (Lipinski definition) is 0. The van der Waals surface area contributed by atoms with E-state index in [1.165, 1.54) is 40.8 Å². The van der Waals surface area contributed by atoms with Crippen LogP contribution in [-0.2, 0) is 0 Å². The van der Waals surface area contributed by atoms with Crippen LogP contribution in [0.1, 0.15) is 24.1 Å². The van der Waals surface area contributed by atoms with E-state index >= 15 is 0 Å². The van der Waals surface area contributed by atoms with Gasteiger partial charge in [-0.1, -0.05) is 6.08 Å². The second-order valence-electron chi connectivity index (χ2n) is 5.54. The fraction of sp³-hybridized carbons (Fsp3) is 0.375. The Kier molecular flexibility index (Phi) is 2.64. The zero-order valence-corrected chi connectivity index (χ0v) is 11.8. The number of nitrogens with zero attached hydrogens (tertiary/aromatic N) is 1. The van der Waals surface area contributed by atoms with E-state index in [-0.39, 0.29) is 0 Å². The first-order valence-electron chi connectivity index (χ1n) is 6.86. The summed E-state index contributed by atoms with van der Waals surface area (Å²) in [7, 11) is 2.26. The van der Waals surface area contributed by atoms with Crippen LogP contribution >= 0.6 is 11.3 Å². The molecular weight excluding hydrogens is 254 g/mol. The van der Waals surface area contributed by atoms with Crippen molar-refractivity contribution in [3.05, 3.63) is 41.0 Å². The van der Waals surface area contributed by atoms with Gasteiger partial charge >= 0.3 is 0 Å². The van der Waals surface area contributed by atoms with E-state index in [0.717, 1.165) is 6.04 Å². The summed E-state index contributed by atoms with van der Waals surface area (Å²) in [5, 5.41) is 2.19. The fourth-order valence-electron chi connectivity index (χ4n) is 3.41. The minimum absolute atomic E-state index is 0.646. The van der Waals surface area contributed by atoms with E-state index in [2.05, 4.69) is 35.5 Å². The van der Waals surface area contributed by atoms with Crippen LogP contribution in [0.3, 0.4) is 0 Å². The molecule has 2 aromatic rings. The topological polar surface area (TPSA) is 16.4 Å². The molecule has 2 aliphatic rings. The van der Waals surface area contributed by atoms with Gasteiger partial charge in [0.05, 0.1) is 12.5 Å². The van der Waals surface area contributed by atoms with Gasteiger partial charge in [0, 0.05) is 28.1 Å². The van der Waals surface area contributed by atoms with Crippen molar-refractivity contribution in [3.8, 4) is 11.1 Å². The van der Waals surface area contributed by atoms with Gasteiger partial charge in [0.25, 0.3) is 0 Å². The van der Waals surface area contributed by atoms with Crippen molar-refractivity contribution < 1.29 is 4.42 Å². The molecule has 0 aromatic carbocycles. The molecule has 0 aliphatic carbocycles. The third kappa shape index (κ3) is 1.80. The standard InChI is InChI=1S/C16H17NOS/c1-17-13-2-3-14(17)9-12(8-13)16-15(5-7-19-16)11-4-6-18-10-11/h4-8,10,13-14H,2-3,9H2,1H3. The maximum atomic E-state index is 5.23. The number of rotatable bonds is 2. The molecule has 2 unspecified atom stereocenters. The van der Waals surface area contributed by atoms with Gasteiger partial charge in [0.15, 0.2) is 0 Å². The van der Waals surface area contributed by atoms with Crippen molar-refractivity contribution in [1.29, 1.82) is 0 Å². The molecule has 4 rings (SSSR count). The van der Waals surface area contributed by atoms with E-state index in [1.54, 1.807) is 6.26 Å². The number of thiophene rings is 1. The highest BCUT2D eigenvalue weighted by Gasteiger charge is 2.34. The molecule has 2 aromatic heterocycles. The summed E-state index contributed by atoms with van der Waals surface area (Å²) in [6, 6.07) is 5.65. The summed E-state index contributed by atoms with van der Waals surface area (Å²) in [5.74, 6) is 0. The van der Waals surface area contributed by atoms with Crippen LogP contribution in [0.5, 0.6) is 0 Å². The normalized spacial score (nSPS) is 26.7. The number of fused-ring (bicyclic) bond motifs is 2. The van der Waals surface area contributed by atoms with Crippen LogP contribution < -0.4 is 0 Å². The minimum Gasteiger partial charge on any atom is -0.472 e. The molecule has 0 saturated carbocycles. The molecule has 98 valence electrons. The number of hydrogen-bond acceptors (Lipinski definition) is 3. The van der Waals surface area contributed by atoms with Crippen molar-refractivity contribution in [2.75, 3.05) is 7.05 Å². The Hall–Kier alpha value is -1.32. The molecule has 2 bridgehead atoms. The predicted octanol–water partition coefficient (Wildman–Crippen LogP) is 4.26. The van der Waals surface area contributed by atoms with Crippen molar-refractivity contribution >= 4 is 16.9 Å². The Morgan fingerprint density at radius 2 is 2.26 bits per heavy atom. The summed E-state index contributed by atoms with van der Waals surface area (Å²) in [4.78, 5) is 3.97. The Labute approximate surface area is 117 Å². The molecule has 3 heteroatoms. The van der Waals surface area contributed by atoms with Gasteiger partial charge < -0.3 is 4.42 Å². The molecule has 0 N–H and O–H groups in total. The van der Waals surface area contributed by atoms with Gasteiger partial charge in [-0.2, -0.15) is 0 Å². The van der Waals surface area contributed by atoms with E-state index in [1.807, 2.05) is 17.6 Å². The van der Waals surface area contributed by atoms with Crippen molar-refractivity contribution in [2.45, 2.75) is 31.3 Å². The highest BCUT2D eigenvalue weighted by molar-refractivity contribution is 7.11. The molecule has 0 radical (unpaired) electrons. The highest BCUT2D eigenvalue weighted by atomic mass is 32.1. The second kappa shape index (κ2) is 4.36. The third-order valence-corrected chi connectivity index (χ3v) is 5.52. The molecule has 2 nitrogen and oxygen atoms in total. The Morgan fingerprint density at radius 3 is 3.05 bits per heavy atom. The third-order valence-electron chi connectivity index (χ3n) is 4.53. The van der Waals surface area contributed by atoms with Crippen LogP contribution in [0.15, 0.2) is 40.5 Å². The van der Waals surface area contributed by atoms with Crippen molar-refractivity contribution in [1.82, 2.24) is 4.90 Å². The maximum absolute atomic E-state index is 5.23. The average molecular weight is 271 g/mol. The zero-order valence-electron chi connectivity index (χ0n) is 11.0. The highest BCUT2D eigenvalue weighted by Crippen LogP contribution is 2.42. The van der Waals surface area contributed by atoms with Gasteiger partial charge in [0.1, 0.15) is 0 Å². The lowest BCUT2D eigenvalue weighted by atomic mass is 9.97. The first kappa shape index (κ1) is 11.5. The Morgan fingerprint density at radius 1 is 1.32 bits per heavy atom. The number of furan rings is 1. The van der Waals surface area contributed by atoms with Crippen LogP contribution in [0.25, 0.3) is 16.7 Å². The number of likely N-dealkylation sites (N-methyl/N-ethyl adjacent to an activating group) is 1. The van der Waals surface area contributed by atoms with Gasteiger partial charge in [-0.25, -0.2) is 0 Å². The molecule has 19 heavy (non-hydrogen) atoms. The molecule has 2 aliphatic heterocycles. The Bertz CT molecular complexity index is 610. The van der Waals surface area contributed by atoms with Crippen LogP contribution in [0.2, 0.25) is 0 Å². The largest absolute Gasteiger partial charge is 0.472 e. The summed E-state index contributed by atoms with van der Waals surface area (Å²) >= 11 is 1.86. The van der Waals surface area contributed by atoms with E-state index in [0.29, 0.717) is 6.04 Å².